The number of hydrogen-bond donors (Lipinski definition) is 1. The van der Waals surface area contributed by atoms with E-state index in [1.807, 2.05) is 12.1 Å². The molecule has 1 unspecified atom stereocenters. The summed E-state index contributed by atoms with van der Waals surface area (Å²) < 4.78 is 26.9. The number of sulfonamides is 1. The molecule has 1 heterocycles. The van der Waals surface area contributed by atoms with Gasteiger partial charge in [-0.15, -0.1) is 0 Å². The first-order chi connectivity index (χ1) is 10.9. The maximum absolute atomic E-state index is 12.7. The highest BCUT2D eigenvalue weighted by Crippen LogP contribution is 2.26. The van der Waals surface area contributed by atoms with Crippen LogP contribution in [0.4, 0.5) is 0 Å². The van der Waals surface area contributed by atoms with Gasteiger partial charge in [-0.1, -0.05) is 26.0 Å². The fourth-order valence-corrected chi connectivity index (χ4v) is 4.39. The first-order valence-corrected chi connectivity index (χ1v) is 9.65. The fourth-order valence-electron chi connectivity index (χ4n) is 2.92. The summed E-state index contributed by atoms with van der Waals surface area (Å²) in [6, 6.07) is 7.19. The molecule has 1 amide bonds. The number of amides is 1. The Hall–Kier alpha value is -1.40. The predicted molar refractivity (Wildman–Crippen MR) is 90.7 cm³/mol. The van der Waals surface area contributed by atoms with Crippen molar-refractivity contribution in [3.05, 3.63) is 29.8 Å². The SMILES string of the molecule is CCC(C)c1ccc(S(=O)(=O)N2CCC(C(=O)NC)CC2)cc1. The van der Waals surface area contributed by atoms with Gasteiger partial charge < -0.3 is 5.32 Å². The first kappa shape index (κ1) is 17.9. The molecule has 2 rings (SSSR count). The van der Waals surface area contributed by atoms with Gasteiger partial charge in [-0.05, 0) is 42.9 Å². The van der Waals surface area contributed by atoms with Crippen LogP contribution in [0.2, 0.25) is 0 Å². The Labute approximate surface area is 139 Å². The van der Waals surface area contributed by atoms with Crippen molar-refractivity contribution in [2.45, 2.75) is 43.9 Å². The summed E-state index contributed by atoms with van der Waals surface area (Å²) >= 11 is 0. The summed E-state index contributed by atoms with van der Waals surface area (Å²) in [5.41, 5.74) is 1.16. The van der Waals surface area contributed by atoms with Crippen LogP contribution in [0.1, 0.15) is 44.6 Å². The van der Waals surface area contributed by atoms with Crippen molar-refractivity contribution in [3.8, 4) is 0 Å². The van der Waals surface area contributed by atoms with E-state index in [1.54, 1.807) is 19.2 Å². The topological polar surface area (TPSA) is 66.5 Å². The standard InChI is InChI=1S/C17H26N2O3S/c1-4-13(2)14-5-7-16(8-6-14)23(21,22)19-11-9-15(10-12-19)17(20)18-3/h5-8,13,15H,4,9-12H2,1-3H3,(H,18,20). The Kier molecular flexibility index (Phi) is 5.81. The molecule has 1 saturated heterocycles. The lowest BCUT2D eigenvalue weighted by molar-refractivity contribution is -0.125. The lowest BCUT2D eigenvalue weighted by Gasteiger charge is -2.30. The molecule has 6 heteroatoms. The highest BCUT2D eigenvalue weighted by atomic mass is 32.2. The molecule has 1 aromatic rings. The summed E-state index contributed by atoms with van der Waals surface area (Å²) in [6.45, 7) is 5.04. The zero-order valence-corrected chi connectivity index (χ0v) is 14.9. The molecule has 0 aliphatic carbocycles. The molecular weight excluding hydrogens is 312 g/mol. The zero-order chi connectivity index (χ0) is 17.0. The second-order valence-corrected chi connectivity index (χ2v) is 8.11. The Morgan fingerprint density at radius 3 is 2.30 bits per heavy atom. The summed E-state index contributed by atoms with van der Waals surface area (Å²) in [6.07, 6.45) is 2.17. The molecule has 1 aliphatic heterocycles. The van der Waals surface area contributed by atoms with Gasteiger partial charge in [0.05, 0.1) is 4.90 Å². The average molecular weight is 338 g/mol. The summed E-state index contributed by atoms with van der Waals surface area (Å²) in [7, 11) is -1.85. The number of rotatable bonds is 5. The molecule has 5 nitrogen and oxygen atoms in total. The minimum atomic E-state index is -3.47. The Morgan fingerprint density at radius 1 is 1.26 bits per heavy atom. The van der Waals surface area contributed by atoms with Gasteiger partial charge in [-0.3, -0.25) is 4.79 Å². The van der Waals surface area contributed by atoms with Crippen molar-refractivity contribution in [2.24, 2.45) is 5.92 Å². The van der Waals surface area contributed by atoms with E-state index in [9.17, 15) is 13.2 Å². The molecule has 1 aliphatic rings. The first-order valence-electron chi connectivity index (χ1n) is 8.21. The molecule has 1 N–H and O–H groups in total. The number of carbonyl (C=O) groups excluding carboxylic acids is 1. The van der Waals surface area contributed by atoms with Crippen LogP contribution in [0, 0.1) is 5.92 Å². The van der Waals surface area contributed by atoms with Crippen molar-refractivity contribution in [2.75, 3.05) is 20.1 Å². The molecule has 1 atom stereocenters. The molecule has 128 valence electrons. The van der Waals surface area contributed by atoms with Crippen molar-refractivity contribution < 1.29 is 13.2 Å². The molecule has 1 aromatic carbocycles. The van der Waals surface area contributed by atoms with E-state index in [2.05, 4.69) is 19.2 Å². The molecule has 23 heavy (non-hydrogen) atoms. The summed E-state index contributed by atoms with van der Waals surface area (Å²) in [4.78, 5) is 12.0. The summed E-state index contributed by atoms with van der Waals surface area (Å²) in [5, 5.41) is 2.64. The van der Waals surface area contributed by atoms with Gasteiger partial charge in [0, 0.05) is 26.1 Å². The second kappa shape index (κ2) is 7.45. The van der Waals surface area contributed by atoms with Gasteiger partial charge >= 0.3 is 0 Å². The number of piperidine rings is 1. The minimum Gasteiger partial charge on any atom is -0.359 e. The largest absolute Gasteiger partial charge is 0.359 e. The van der Waals surface area contributed by atoms with Crippen molar-refractivity contribution >= 4 is 15.9 Å². The average Bonchev–Trinajstić information content (AvgIpc) is 2.60. The van der Waals surface area contributed by atoms with Gasteiger partial charge in [0.15, 0.2) is 0 Å². The summed E-state index contributed by atoms with van der Waals surface area (Å²) in [5.74, 6) is 0.342. The number of carbonyl (C=O) groups is 1. The number of hydrogen-bond acceptors (Lipinski definition) is 3. The van der Waals surface area contributed by atoms with E-state index in [1.165, 1.54) is 4.31 Å². The highest BCUT2D eigenvalue weighted by molar-refractivity contribution is 7.89. The third kappa shape index (κ3) is 3.93. The molecule has 0 saturated carbocycles. The lowest BCUT2D eigenvalue weighted by atomic mass is 9.97. The van der Waals surface area contributed by atoms with Crippen molar-refractivity contribution in [1.82, 2.24) is 9.62 Å². The molecule has 1 fully saturated rings. The van der Waals surface area contributed by atoms with E-state index in [-0.39, 0.29) is 11.8 Å². The van der Waals surface area contributed by atoms with Gasteiger partial charge in [0.2, 0.25) is 15.9 Å². The van der Waals surface area contributed by atoms with E-state index < -0.39 is 10.0 Å². The van der Waals surface area contributed by atoms with Crippen LogP contribution in [0.3, 0.4) is 0 Å². The van der Waals surface area contributed by atoms with Crippen LogP contribution >= 0.6 is 0 Å². The Balaban J connectivity index is 2.09. The second-order valence-electron chi connectivity index (χ2n) is 6.17. The van der Waals surface area contributed by atoms with Crippen LogP contribution in [-0.4, -0.2) is 38.8 Å². The van der Waals surface area contributed by atoms with Crippen LogP contribution in [0.5, 0.6) is 0 Å². The van der Waals surface area contributed by atoms with Crippen LogP contribution < -0.4 is 5.32 Å². The van der Waals surface area contributed by atoms with Crippen LogP contribution in [0.15, 0.2) is 29.2 Å². The maximum atomic E-state index is 12.7. The third-order valence-electron chi connectivity index (χ3n) is 4.77. The van der Waals surface area contributed by atoms with Gasteiger partial charge in [-0.2, -0.15) is 4.31 Å². The van der Waals surface area contributed by atoms with Crippen LogP contribution in [-0.2, 0) is 14.8 Å². The number of nitrogens with one attached hydrogen (secondary N) is 1. The third-order valence-corrected chi connectivity index (χ3v) is 6.68. The molecular formula is C17H26N2O3S. The quantitative estimate of drug-likeness (QED) is 0.896. The van der Waals surface area contributed by atoms with E-state index in [0.29, 0.717) is 36.7 Å². The zero-order valence-electron chi connectivity index (χ0n) is 14.1. The predicted octanol–water partition coefficient (Wildman–Crippen LogP) is 2.35. The molecule has 0 aromatic heterocycles. The molecule has 0 spiro atoms. The monoisotopic (exact) mass is 338 g/mol. The highest BCUT2D eigenvalue weighted by Gasteiger charge is 2.31. The van der Waals surface area contributed by atoms with Crippen LogP contribution in [0.25, 0.3) is 0 Å². The van der Waals surface area contributed by atoms with E-state index in [0.717, 1.165) is 12.0 Å². The molecule has 0 bridgehead atoms. The molecule has 0 radical (unpaired) electrons. The van der Waals surface area contributed by atoms with Gasteiger partial charge in [0.25, 0.3) is 0 Å². The minimum absolute atomic E-state index is 0.0000425. The lowest BCUT2D eigenvalue weighted by Crippen LogP contribution is -2.42. The maximum Gasteiger partial charge on any atom is 0.243 e. The van der Waals surface area contributed by atoms with E-state index in [4.69, 9.17) is 0 Å². The number of benzene rings is 1. The fraction of sp³-hybridized carbons (Fsp3) is 0.588. The van der Waals surface area contributed by atoms with Gasteiger partial charge in [0.1, 0.15) is 0 Å². The van der Waals surface area contributed by atoms with Gasteiger partial charge in [-0.25, -0.2) is 8.42 Å². The van der Waals surface area contributed by atoms with E-state index >= 15 is 0 Å². The van der Waals surface area contributed by atoms with Crippen molar-refractivity contribution in [3.63, 3.8) is 0 Å². The normalized spacial score (nSPS) is 18.6. The number of nitrogens with zero attached hydrogens (tertiary/aromatic N) is 1. The smallest absolute Gasteiger partial charge is 0.243 e. The Morgan fingerprint density at radius 2 is 1.83 bits per heavy atom. The Bertz CT molecular complexity index is 632. The van der Waals surface area contributed by atoms with Crippen molar-refractivity contribution in [1.29, 1.82) is 0 Å².